The van der Waals surface area contributed by atoms with Gasteiger partial charge in [0.25, 0.3) is 0 Å². The zero-order chi connectivity index (χ0) is 18.6. The summed E-state index contributed by atoms with van der Waals surface area (Å²) in [5.74, 6) is 1.03. The third-order valence-corrected chi connectivity index (χ3v) is 6.45. The SMILES string of the molecule is [O-][S+](CCC1CC(c2ccccc2F)=CCN1)Cc1c[nH]c2ccccc12. The molecule has 0 bridgehead atoms. The van der Waals surface area contributed by atoms with Gasteiger partial charge in [0.05, 0.1) is 0 Å². The summed E-state index contributed by atoms with van der Waals surface area (Å²) in [6.07, 6.45) is 5.60. The Morgan fingerprint density at radius 2 is 1.93 bits per heavy atom. The Morgan fingerprint density at radius 3 is 2.81 bits per heavy atom. The molecule has 4 rings (SSSR count). The monoisotopic (exact) mass is 382 g/mol. The number of nitrogens with one attached hydrogen (secondary N) is 2. The number of benzene rings is 2. The largest absolute Gasteiger partial charge is 0.616 e. The van der Waals surface area contributed by atoms with Crippen LogP contribution in [0.5, 0.6) is 0 Å². The van der Waals surface area contributed by atoms with Crippen molar-refractivity contribution in [1.29, 1.82) is 0 Å². The third kappa shape index (κ3) is 4.26. The highest BCUT2D eigenvalue weighted by molar-refractivity contribution is 7.90. The maximum atomic E-state index is 14.0. The molecule has 0 saturated heterocycles. The van der Waals surface area contributed by atoms with Crippen molar-refractivity contribution in [2.24, 2.45) is 0 Å². The molecule has 2 unspecified atom stereocenters. The van der Waals surface area contributed by atoms with Gasteiger partial charge in [-0.25, -0.2) is 4.39 Å². The number of hydrogen-bond acceptors (Lipinski definition) is 2. The molecule has 2 heterocycles. The van der Waals surface area contributed by atoms with Crippen LogP contribution in [0.4, 0.5) is 4.39 Å². The summed E-state index contributed by atoms with van der Waals surface area (Å²) in [4.78, 5) is 3.24. The maximum Gasteiger partial charge on any atom is 0.132 e. The highest BCUT2D eigenvalue weighted by Crippen LogP contribution is 2.26. The van der Waals surface area contributed by atoms with Crippen molar-refractivity contribution in [3.63, 3.8) is 0 Å². The number of para-hydroxylation sites is 1. The van der Waals surface area contributed by atoms with Crippen LogP contribution in [-0.2, 0) is 16.9 Å². The van der Waals surface area contributed by atoms with Gasteiger partial charge < -0.3 is 14.9 Å². The summed E-state index contributed by atoms with van der Waals surface area (Å²) in [6.45, 7) is 0.726. The lowest BCUT2D eigenvalue weighted by molar-refractivity contribution is 0.513. The quantitative estimate of drug-likeness (QED) is 0.621. The van der Waals surface area contributed by atoms with Gasteiger partial charge in [-0.1, -0.05) is 42.5 Å². The zero-order valence-corrected chi connectivity index (χ0v) is 15.9. The van der Waals surface area contributed by atoms with Crippen LogP contribution in [0, 0.1) is 5.82 Å². The lowest BCUT2D eigenvalue weighted by Crippen LogP contribution is -2.34. The van der Waals surface area contributed by atoms with E-state index in [-0.39, 0.29) is 11.9 Å². The molecule has 1 aromatic heterocycles. The molecule has 2 atom stereocenters. The van der Waals surface area contributed by atoms with Crippen molar-refractivity contribution in [1.82, 2.24) is 10.3 Å². The maximum absolute atomic E-state index is 14.0. The molecule has 1 aliphatic heterocycles. The number of rotatable bonds is 6. The fraction of sp³-hybridized carbons (Fsp3) is 0.273. The molecule has 0 spiro atoms. The minimum Gasteiger partial charge on any atom is -0.616 e. The summed E-state index contributed by atoms with van der Waals surface area (Å²) in [5, 5.41) is 4.59. The first-order chi connectivity index (χ1) is 13.2. The number of hydrogen-bond donors (Lipinski definition) is 2. The molecule has 27 heavy (non-hydrogen) atoms. The van der Waals surface area contributed by atoms with Crippen LogP contribution >= 0.6 is 0 Å². The Morgan fingerprint density at radius 1 is 1.11 bits per heavy atom. The van der Waals surface area contributed by atoms with E-state index < -0.39 is 11.2 Å². The van der Waals surface area contributed by atoms with Crippen LogP contribution in [0.15, 0.2) is 60.8 Å². The van der Waals surface area contributed by atoms with Gasteiger partial charge in [-0.05, 0) is 35.3 Å². The fourth-order valence-electron chi connectivity index (χ4n) is 3.69. The van der Waals surface area contributed by atoms with Crippen LogP contribution in [0.2, 0.25) is 0 Å². The molecular weight excluding hydrogens is 359 g/mol. The van der Waals surface area contributed by atoms with Crippen LogP contribution in [0.3, 0.4) is 0 Å². The van der Waals surface area contributed by atoms with E-state index in [0.717, 1.165) is 41.4 Å². The van der Waals surface area contributed by atoms with E-state index in [9.17, 15) is 8.94 Å². The summed E-state index contributed by atoms with van der Waals surface area (Å²) in [6, 6.07) is 15.2. The number of aromatic amines is 1. The Hall–Kier alpha value is -2.08. The predicted octanol–water partition coefficient (Wildman–Crippen LogP) is 4.39. The Labute approximate surface area is 161 Å². The molecule has 3 nitrogen and oxygen atoms in total. The zero-order valence-electron chi connectivity index (χ0n) is 15.1. The lowest BCUT2D eigenvalue weighted by Gasteiger charge is -2.25. The topological polar surface area (TPSA) is 50.9 Å². The van der Waals surface area contributed by atoms with Crippen molar-refractivity contribution in [2.75, 3.05) is 12.3 Å². The van der Waals surface area contributed by atoms with Crippen molar-refractivity contribution < 1.29 is 8.94 Å². The van der Waals surface area contributed by atoms with Crippen molar-refractivity contribution >= 4 is 27.7 Å². The van der Waals surface area contributed by atoms with Gasteiger partial charge >= 0.3 is 0 Å². The molecule has 140 valence electrons. The van der Waals surface area contributed by atoms with Gasteiger partial charge in [-0.15, -0.1) is 0 Å². The first-order valence-corrected chi connectivity index (χ1v) is 10.8. The van der Waals surface area contributed by atoms with E-state index in [4.69, 9.17) is 0 Å². The molecule has 0 radical (unpaired) electrons. The van der Waals surface area contributed by atoms with Gasteiger partial charge in [0.15, 0.2) is 0 Å². The number of H-pyrrole nitrogens is 1. The van der Waals surface area contributed by atoms with E-state index in [2.05, 4.69) is 22.4 Å². The summed E-state index contributed by atoms with van der Waals surface area (Å²) in [7, 11) is 0. The molecule has 0 saturated carbocycles. The van der Waals surface area contributed by atoms with Gasteiger partial charge in [-0.2, -0.15) is 0 Å². The molecule has 2 aromatic carbocycles. The van der Waals surface area contributed by atoms with E-state index in [1.165, 1.54) is 6.07 Å². The van der Waals surface area contributed by atoms with E-state index in [1.807, 2.05) is 36.5 Å². The second-order valence-corrected chi connectivity index (χ2v) is 8.53. The summed E-state index contributed by atoms with van der Waals surface area (Å²) >= 11 is -0.921. The second-order valence-electron chi connectivity index (χ2n) is 6.95. The van der Waals surface area contributed by atoms with Crippen LogP contribution in [0.25, 0.3) is 16.5 Å². The molecule has 0 fully saturated rings. The Balaban J connectivity index is 1.33. The minimum absolute atomic E-state index is 0.174. The highest BCUT2D eigenvalue weighted by atomic mass is 32.2. The Kier molecular flexibility index (Phi) is 5.62. The van der Waals surface area contributed by atoms with E-state index in [0.29, 0.717) is 17.1 Å². The van der Waals surface area contributed by atoms with Crippen LogP contribution in [0.1, 0.15) is 24.0 Å². The average molecular weight is 383 g/mol. The third-order valence-electron chi connectivity index (χ3n) is 5.13. The molecule has 1 aliphatic rings. The minimum atomic E-state index is -0.921. The normalized spacial score (nSPS) is 18.4. The number of halogens is 1. The molecule has 2 N–H and O–H groups in total. The highest BCUT2D eigenvalue weighted by Gasteiger charge is 2.20. The first-order valence-electron chi connectivity index (χ1n) is 9.28. The standard InChI is InChI=1S/C22H23FN2OS/c23-21-7-3-1-5-19(21)16-9-11-24-18(13-16)10-12-27(26)15-17-14-25-22-8-4-2-6-20(17)22/h1-9,14,18,24-25H,10-13,15H2. The van der Waals surface area contributed by atoms with Gasteiger partial charge in [0.1, 0.15) is 17.3 Å². The van der Waals surface area contributed by atoms with Gasteiger partial charge in [0, 0.05) is 47.2 Å². The fourth-order valence-corrected chi connectivity index (χ4v) is 4.96. The van der Waals surface area contributed by atoms with E-state index >= 15 is 0 Å². The number of fused-ring (bicyclic) bond motifs is 1. The molecule has 5 heteroatoms. The van der Waals surface area contributed by atoms with Crippen molar-refractivity contribution in [3.05, 3.63) is 77.7 Å². The molecular formula is C22H23FN2OS. The second kappa shape index (κ2) is 8.30. The van der Waals surface area contributed by atoms with Crippen LogP contribution < -0.4 is 5.32 Å². The lowest BCUT2D eigenvalue weighted by atomic mass is 9.94. The Bertz CT molecular complexity index is 952. The van der Waals surface area contributed by atoms with Gasteiger partial charge in [-0.3, -0.25) is 0 Å². The molecule has 3 aromatic rings. The van der Waals surface area contributed by atoms with Crippen LogP contribution in [-0.4, -0.2) is 27.9 Å². The predicted molar refractivity (Wildman–Crippen MR) is 110 cm³/mol. The van der Waals surface area contributed by atoms with Crippen molar-refractivity contribution in [2.45, 2.75) is 24.6 Å². The summed E-state index contributed by atoms with van der Waals surface area (Å²) in [5.41, 5.74) is 3.91. The van der Waals surface area contributed by atoms with E-state index in [1.54, 1.807) is 6.07 Å². The summed E-state index contributed by atoms with van der Waals surface area (Å²) < 4.78 is 26.6. The molecule has 0 aliphatic carbocycles. The number of aromatic nitrogens is 1. The average Bonchev–Trinajstić information content (AvgIpc) is 3.10. The molecule has 0 amide bonds. The van der Waals surface area contributed by atoms with Crippen molar-refractivity contribution in [3.8, 4) is 0 Å². The smallest absolute Gasteiger partial charge is 0.132 e. The first kappa shape index (κ1) is 18.3. The van der Waals surface area contributed by atoms with Gasteiger partial charge in [0.2, 0.25) is 0 Å².